The van der Waals surface area contributed by atoms with E-state index in [9.17, 15) is 0 Å². The lowest BCUT2D eigenvalue weighted by Crippen LogP contribution is -2.06. The Kier molecular flexibility index (Phi) is 1.88. The Hall–Kier alpha value is -1.22. The van der Waals surface area contributed by atoms with Crippen molar-refractivity contribution in [2.75, 3.05) is 0 Å². The number of hydrogen-bond donors (Lipinski definition) is 1. The molecule has 13 heavy (non-hydrogen) atoms. The van der Waals surface area contributed by atoms with Crippen LogP contribution in [0.25, 0.3) is 11.8 Å². The molecule has 3 heteroatoms. The van der Waals surface area contributed by atoms with Crippen LogP contribution in [0.4, 0.5) is 0 Å². The number of halogens is 1. The maximum absolute atomic E-state index is 5.19. The lowest BCUT2D eigenvalue weighted by molar-refractivity contribution is 0.272. The van der Waals surface area contributed by atoms with Gasteiger partial charge in [0.1, 0.15) is 0 Å². The van der Waals surface area contributed by atoms with Crippen molar-refractivity contribution in [2.45, 2.75) is 0 Å². The van der Waals surface area contributed by atoms with Crippen molar-refractivity contribution < 1.29 is 4.84 Å². The van der Waals surface area contributed by atoms with Crippen LogP contribution in [-0.2, 0) is 0 Å². The van der Waals surface area contributed by atoms with Crippen LogP contribution >= 0.6 is 15.9 Å². The van der Waals surface area contributed by atoms with Gasteiger partial charge in [0.25, 0.3) is 0 Å². The van der Waals surface area contributed by atoms with Gasteiger partial charge in [0.2, 0.25) is 0 Å². The molecule has 0 saturated heterocycles. The molecule has 0 atom stereocenters. The standard InChI is InChI=1S/C10H8BrNO/c1-3-7-8(11)4-5-9-10(7)6(2)12-13-9/h3-5,12H,1-2H2. The van der Waals surface area contributed by atoms with Crippen molar-refractivity contribution in [1.82, 2.24) is 5.48 Å². The van der Waals surface area contributed by atoms with Crippen LogP contribution in [0, 0.1) is 0 Å². The molecular formula is C10H8BrNO. The van der Waals surface area contributed by atoms with Crippen LogP contribution < -0.4 is 10.3 Å². The summed E-state index contributed by atoms with van der Waals surface area (Å²) in [4.78, 5) is 5.19. The van der Waals surface area contributed by atoms with E-state index in [1.54, 1.807) is 6.08 Å². The molecule has 0 aliphatic carbocycles. The van der Waals surface area contributed by atoms with Crippen LogP contribution in [0.1, 0.15) is 11.1 Å². The summed E-state index contributed by atoms with van der Waals surface area (Å²) in [6, 6.07) is 3.81. The Morgan fingerprint density at radius 1 is 1.46 bits per heavy atom. The molecule has 0 spiro atoms. The molecule has 0 fully saturated rings. The molecule has 2 nitrogen and oxygen atoms in total. The predicted molar refractivity (Wildman–Crippen MR) is 57.0 cm³/mol. The minimum absolute atomic E-state index is 0.770. The van der Waals surface area contributed by atoms with Crippen LogP contribution in [0.3, 0.4) is 0 Å². The normalized spacial score (nSPS) is 13.2. The van der Waals surface area contributed by atoms with Crippen LogP contribution in [-0.4, -0.2) is 0 Å². The molecule has 0 unspecified atom stereocenters. The van der Waals surface area contributed by atoms with Gasteiger partial charge in [0, 0.05) is 10.0 Å². The topological polar surface area (TPSA) is 21.3 Å². The molecule has 0 saturated carbocycles. The van der Waals surface area contributed by atoms with E-state index in [-0.39, 0.29) is 0 Å². The molecule has 2 rings (SSSR count). The van der Waals surface area contributed by atoms with Gasteiger partial charge in [-0.25, -0.2) is 5.48 Å². The van der Waals surface area contributed by atoms with Crippen molar-refractivity contribution in [3.63, 3.8) is 0 Å². The fraction of sp³-hybridized carbons (Fsp3) is 0. The minimum Gasteiger partial charge on any atom is -0.381 e. The smallest absolute Gasteiger partial charge is 0.165 e. The van der Waals surface area contributed by atoms with E-state index in [1.165, 1.54) is 0 Å². The SMILES string of the molecule is C=Cc1c(Br)ccc2c1C(=C)NO2. The minimum atomic E-state index is 0.770. The van der Waals surface area contributed by atoms with E-state index in [1.807, 2.05) is 12.1 Å². The molecule has 0 bridgehead atoms. The van der Waals surface area contributed by atoms with Crippen LogP contribution in [0.5, 0.6) is 5.75 Å². The van der Waals surface area contributed by atoms with Crippen LogP contribution in [0.2, 0.25) is 0 Å². The molecule has 1 aromatic rings. The highest BCUT2D eigenvalue weighted by molar-refractivity contribution is 9.10. The second kappa shape index (κ2) is 2.92. The molecule has 0 aromatic heterocycles. The third-order valence-corrected chi connectivity index (χ3v) is 2.64. The predicted octanol–water partition coefficient (Wildman–Crippen LogP) is 2.96. The van der Waals surface area contributed by atoms with Gasteiger partial charge in [-0.1, -0.05) is 35.2 Å². The molecule has 1 N–H and O–H groups in total. The largest absolute Gasteiger partial charge is 0.381 e. The van der Waals surface area contributed by atoms with Gasteiger partial charge >= 0.3 is 0 Å². The molecule has 1 aromatic carbocycles. The number of hydroxylamine groups is 1. The highest BCUT2D eigenvalue weighted by Gasteiger charge is 2.20. The Morgan fingerprint density at radius 3 is 2.92 bits per heavy atom. The quantitative estimate of drug-likeness (QED) is 0.812. The first-order valence-electron chi connectivity index (χ1n) is 3.81. The summed E-state index contributed by atoms with van der Waals surface area (Å²) < 4.78 is 0.995. The van der Waals surface area contributed by atoms with E-state index < -0.39 is 0 Å². The molecule has 66 valence electrons. The number of nitrogens with one attached hydrogen (secondary N) is 1. The second-order valence-corrected chi connectivity index (χ2v) is 3.58. The molecular weight excluding hydrogens is 230 g/mol. The van der Waals surface area contributed by atoms with Gasteiger partial charge < -0.3 is 4.84 Å². The summed E-state index contributed by atoms with van der Waals surface area (Å²) in [7, 11) is 0. The van der Waals surface area contributed by atoms with E-state index in [4.69, 9.17) is 4.84 Å². The van der Waals surface area contributed by atoms with Gasteiger partial charge in [-0.3, -0.25) is 0 Å². The first-order chi connectivity index (χ1) is 6.24. The zero-order valence-electron chi connectivity index (χ0n) is 6.93. The van der Waals surface area contributed by atoms with E-state index in [0.29, 0.717) is 0 Å². The van der Waals surface area contributed by atoms with Gasteiger partial charge in [-0.15, -0.1) is 0 Å². The summed E-state index contributed by atoms with van der Waals surface area (Å²) in [5.41, 5.74) is 5.48. The third kappa shape index (κ3) is 1.16. The zero-order valence-corrected chi connectivity index (χ0v) is 8.52. The summed E-state index contributed by atoms with van der Waals surface area (Å²) in [6.45, 7) is 7.59. The Labute approximate surface area is 85.0 Å². The number of fused-ring (bicyclic) bond motifs is 1. The summed E-state index contributed by atoms with van der Waals surface area (Å²) >= 11 is 3.44. The average molecular weight is 238 g/mol. The van der Waals surface area contributed by atoms with Crippen LogP contribution in [0.15, 0.2) is 29.8 Å². The van der Waals surface area contributed by atoms with Crippen molar-refractivity contribution in [3.05, 3.63) is 40.9 Å². The molecule has 1 heterocycles. The maximum atomic E-state index is 5.19. The Morgan fingerprint density at radius 2 is 2.23 bits per heavy atom. The van der Waals surface area contributed by atoms with Crippen molar-refractivity contribution in [2.24, 2.45) is 0 Å². The van der Waals surface area contributed by atoms with Crippen molar-refractivity contribution >= 4 is 27.7 Å². The molecule has 0 radical (unpaired) electrons. The number of hydrogen-bond acceptors (Lipinski definition) is 2. The lowest BCUT2D eigenvalue weighted by Gasteiger charge is -2.02. The van der Waals surface area contributed by atoms with Crippen molar-refractivity contribution in [1.29, 1.82) is 0 Å². The monoisotopic (exact) mass is 237 g/mol. The van der Waals surface area contributed by atoms with Gasteiger partial charge in [0.15, 0.2) is 5.75 Å². The zero-order chi connectivity index (χ0) is 9.42. The maximum Gasteiger partial charge on any atom is 0.165 e. The van der Waals surface area contributed by atoms with Gasteiger partial charge in [0.05, 0.1) is 11.3 Å². The fourth-order valence-electron chi connectivity index (χ4n) is 1.34. The molecule has 0 amide bonds. The first kappa shape index (κ1) is 8.38. The molecule has 1 aliphatic rings. The van der Waals surface area contributed by atoms with E-state index in [0.717, 1.165) is 27.0 Å². The summed E-state index contributed by atoms with van der Waals surface area (Å²) in [5, 5.41) is 0. The highest BCUT2D eigenvalue weighted by atomic mass is 79.9. The Balaban J connectivity index is 2.74. The second-order valence-electron chi connectivity index (χ2n) is 2.72. The fourth-order valence-corrected chi connectivity index (χ4v) is 1.83. The van der Waals surface area contributed by atoms with E-state index in [2.05, 4.69) is 34.6 Å². The van der Waals surface area contributed by atoms with Gasteiger partial charge in [-0.2, -0.15) is 0 Å². The summed E-state index contributed by atoms with van der Waals surface area (Å²) in [5.74, 6) is 0.795. The third-order valence-electron chi connectivity index (χ3n) is 1.94. The van der Waals surface area contributed by atoms with Crippen molar-refractivity contribution in [3.8, 4) is 5.75 Å². The number of rotatable bonds is 1. The highest BCUT2D eigenvalue weighted by Crippen LogP contribution is 2.36. The molecule has 1 aliphatic heterocycles. The first-order valence-corrected chi connectivity index (χ1v) is 4.60. The summed E-state index contributed by atoms with van der Waals surface area (Å²) in [6.07, 6.45) is 1.78. The Bertz CT molecular complexity index is 398. The average Bonchev–Trinajstić information content (AvgIpc) is 2.49. The number of benzene rings is 1. The van der Waals surface area contributed by atoms with E-state index >= 15 is 0 Å². The van der Waals surface area contributed by atoms with Gasteiger partial charge in [-0.05, 0) is 12.1 Å². The lowest BCUT2D eigenvalue weighted by atomic mass is 10.1.